The van der Waals surface area contributed by atoms with E-state index in [1.54, 1.807) is 13.8 Å². The van der Waals surface area contributed by atoms with Crippen molar-refractivity contribution < 1.29 is 28.5 Å². The first-order chi connectivity index (χ1) is 17.3. The topological polar surface area (TPSA) is 71.1 Å². The van der Waals surface area contributed by atoms with Gasteiger partial charge in [-0.25, -0.2) is 9.59 Å². The summed E-state index contributed by atoms with van der Waals surface area (Å²) < 4.78 is 23.4. The van der Waals surface area contributed by atoms with E-state index in [9.17, 15) is 9.59 Å². The predicted molar refractivity (Wildman–Crippen MR) is 140 cm³/mol. The van der Waals surface area contributed by atoms with E-state index in [1.165, 1.54) is 16.7 Å². The molecule has 2 aliphatic carbocycles. The molecule has 0 heterocycles. The summed E-state index contributed by atoms with van der Waals surface area (Å²) in [5.74, 6) is 2.24. The Bertz CT molecular complexity index is 1210. The molecule has 3 atom stereocenters. The minimum Gasteiger partial charge on any atom is -0.489 e. The van der Waals surface area contributed by atoms with Gasteiger partial charge in [0.1, 0.15) is 37.9 Å². The van der Waals surface area contributed by atoms with Crippen LogP contribution in [0.15, 0.2) is 42.5 Å². The van der Waals surface area contributed by atoms with Gasteiger partial charge in [0.15, 0.2) is 0 Å². The molecule has 3 unspecified atom stereocenters. The van der Waals surface area contributed by atoms with E-state index >= 15 is 0 Å². The summed E-state index contributed by atoms with van der Waals surface area (Å²) in [7, 11) is 0. The third kappa shape index (κ3) is 4.73. The van der Waals surface area contributed by atoms with E-state index in [2.05, 4.69) is 45.2 Å². The van der Waals surface area contributed by atoms with Crippen molar-refractivity contribution in [2.24, 2.45) is 5.92 Å². The maximum atomic E-state index is 11.8. The third-order valence-electron chi connectivity index (χ3n) is 7.41. The summed E-state index contributed by atoms with van der Waals surface area (Å²) in [5, 5.41) is 2.06. The molecular formula is C30H36O6. The van der Waals surface area contributed by atoms with Gasteiger partial charge in [0.2, 0.25) is 0 Å². The Balaban J connectivity index is 1.71. The standard InChI is InChI=1S/C30H36O6/c1-7-20-9-8-10-23-24(20)28(34-14-16-36-30(32)18(4)5)26-22-12-11-21(19(22)6)25(26)27(23)33-13-15-35-29(31)17(2)3/h8-10,19,21-22H,2,4,7,11-16H2,1,3,5-6H3. The average Bonchev–Trinajstić information content (AvgIpc) is 3.36. The molecule has 2 aliphatic rings. The van der Waals surface area contributed by atoms with Crippen LogP contribution >= 0.6 is 0 Å². The second kappa shape index (κ2) is 10.8. The van der Waals surface area contributed by atoms with Crippen molar-refractivity contribution in [2.75, 3.05) is 26.4 Å². The maximum absolute atomic E-state index is 11.8. The maximum Gasteiger partial charge on any atom is 0.333 e. The van der Waals surface area contributed by atoms with Gasteiger partial charge >= 0.3 is 11.9 Å². The lowest BCUT2D eigenvalue weighted by Crippen LogP contribution is -2.16. The van der Waals surface area contributed by atoms with Gasteiger partial charge in [0.25, 0.3) is 0 Å². The number of aryl methyl sites for hydroxylation is 1. The summed E-state index contributed by atoms with van der Waals surface area (Å²) >= 11 is 0. The largest absolute Gasteiger partial charge is 0.489 e. The highest BCUT2D eigenvalue weighted by Crippen LogP contribution is 2.64. The SMILES string of the molecule is C=C(C)C(=O)OCCOc1c2c(c(OCCOC(=O)C(=C)C)c3c(CC)cccc13)C1CCC2C1C. The van der Waals surface area contributed by atoms with Crippen LogP contribution in [0.25, 0.3) is 10.8 Å². The molecule has 0 spiro atoms. The third-order valence-corrected chi connectivity index (χ3v) is 7.41. The zero-order valence-electron chi connectivity index (χ0n) is 21.8. The van der Waals surface area contributed by atoms with Crippen LogP contribution in [0, 0.1) is 5.92 Å². The van der Waals surface area contributed by atoms with E-state index in [0.29, 0.717) is 28.9 Å². The van der Waals surface area contributed by atoms with Crippen LogP contribution < -0.4 is 9.47 Å². The van der Waals surface area contributed by atoms with Crippen molar-refractivity contribution in [1.82, 2.24) is 0 Å². The number of ether oxygens (including phenoxy) is 4. The van der Waals surface area contributed by atoms with E-state index in [1.807, 2.05) is 0 Å². The van der Waals surface area contributed by atoms with Crippen LogP contribution in [0.1, 0.15) is 69.1 Å². The molecule has 0 aromatic heterocycles. The summed E-state index contributed by atoms with van der Waals surface area (Å²) in [6.45, 7) is 15.8. The van der Waals surface area contributed by atoms with Crippen LogP contribution in [-0.2, 0) is 25.5 Å². The number of carbonyl (C=O) groups is 2. The Kier molecular flexibility index (Phi) is 7.72. The molecule has 2 aromatic carbocycles. The lowest BCUT2D eigenvalue weighted by atomic mass is 9.85. The first-order valence-corrected chi connectivity index (χ1v) is 12.8. The molecule has 0 N–H and O–H groups in total. The van der Waals surface area contributed by atoms with Crippen LogP contribution in [0.3, 0.4) is 0 Å². The van der Waals surface area contributed by atoms with E-state index in [-0.39, 0.29) is 26.4 Å². The van der Waals surface area contributed by atoms with Crippen molar-refractivity contribution in [3.8, 4) is 11.5 Å². The molecule has 0 saturated heterocycles. The van der Waals surface area contributed by atoms with E-state index < -0.39 is 11.9 Å². The lowest BCUT2D eigenvalue weighted by Gasteiger charge is -2.26. The number of esters is 2. The first-order valence-electron chi connectivity index (χ1n) is 12.8. The van der Waals surface area contributed by atoms with Gasteiger partial charge < -0.3 is 18.9 Å². The lowest BCUT2D eigenvalue weighted by molar-refractivity contribution is -0.140. The van der Waals surface area contributed by atoms with Crippen molar-refractivity contribution in [2.45, 2.75) is 58.8 Å². The summed E-state index contributed by atoms with van der Waals surface area (Å²) in [6, 6.07) is 6.25. The highest BCUT2D eigenvalue weighted by Gasteiger charge is 2.48. The zero-order valence-corrected chi connectivity index (χ0v) is 21.8. The van der Waals surface area contributed by atoms with Crippen molar-refractivity contribution in [3.05, 3.63) is 59.2 Å². The quantitative estimate of drug-likeness (QED) is 0.217. The number of carbonyl (C=O) groups excluding carboxylic acids is 2. The van der Waals surface area contributed by atoms with Gasteiger partial charge in [-0.05, 0) is 56.4 Å². The summed E-state index contributed by atoms with van der Waals surface area (Å²) in [4.78, 5) is 23.6. The molecule has 0 aliphatic heterocycles. The molecule has 0 amide bonds. The molecule has 2 aromatic rings. The predicted octanol–water partition coefficient (Wildman–Crippen LogP) is 6.01. The monoisotopic (exact) mass is 492 g/mol. The molecule has 36 heavy (non-hydrogen) atoms. The summed E-state index contributed by atoms with van der Waals surface area (Å²) in [5.41, 5.74) is 4.37. The molecule has 6 heteroatoms. The van der Waals surface area contributed by atoms with Gasteiger partial charge in [-0.15, -0.1) is 0 Å². The first kappa shape index (κ1) is 25.8. The van der Waals surface area contributed by atoms with Crippen LogP contribution in [0.4, 0.5) is 0 Å². The van der Waals surface area contributed by atoms with E-state index in [0.717, 1.165) is 41.5 Å². The van der Waals surface area contributed by atoms with Gasteiger partial charge in [0.05, 0.1) is 0 Å². The fraction of sp³-hybridized carbons (Fsp3) is 0.467. The number of rotatable bonds is 11. The van der Waals surface area contributed by atoms with Crippen molar-refractivity contribution >= 4 is 22.7 Å². The highest BCUT2D eigenvalue weighted by molar-refractivity contribution is 5.99. The molecule has 0 radical (unpaired) electrons. The second-order valence-corrected chi connectivity index (χ2v) is 9.86. The van der Waals surface area contributed by atoms with E-state index in [4.69, 9.17) is 18.9 Å². The van der Waals surface area contributed by atoms with Gasteiger partial charge in [-0.3, -0.25) is 0 Å². The normalized spacial score (nSPS) is 19.6. The number of hydrogen-bond donors (Lipinski definition) is 0. The molecular weight excluding hydrogens is 456 g/mol. The fourth-order valence-corrected chi connectivity index (χ4v) is 5.70. The van der Waals surface area contributed by atoms with Crippen LogP contribution in [0.2, 0.25) is 0 Å². The second-order valence-electron chi connectivity index (χ2n) is 9.86. The fourth-order valence-electron chi connectivity index (χ4n) is 5.70. The number of benzene rings is 2. The molecule has 2 bridgehead atoms. The molecule has 6 nitrogen and oxygen atoms in total. The Morgan fingerprint density at radius 2 is 1.39 bits per heavy atom. The number of hydrogen-bond acceptors (Lipinski definition) is 6. The molecule has 1 fully saturated rings. The zero-order chi connectivity index (χ0) is 26.0. The Hall–Kier alpha value is -3.28. The van der Waals surface area contributed by atoms with Gasteiger partial charge in [-0.1, -0.05) is 45.2 Å². The molecule has 192 valence electrons. The van der Waals surface area contributed by atoms with Crippen molar-refractivity contribution in [3.63, 3.8) is 0 Å². The van der Waals surface area contributed by atoms with Gasteiger partial charge in [-0.2, -0.15) is 0 Å². The molecule has 4 rings (SSSR count). The average molecular weight is 493 g/mol. The number of fused-ring (bicyclic) bond motifs is 6. The minimum atomic E-state index is -0.411. The Morgan fingerprint density at radius 3 is 1.92 bits per heavy atom. The molecule has 1 saturated carbocycles. The smallest absolute Gasteiger partial charge is 0.333 e. The summed E-state index contributed by atoms with van der Waals surface area (Å²) in [6.07, 6.45) is 3.08. The van der Waals surface area contributed by atoms with Crippen molar-refractivity contribution in [1.29, 1.82) is 0 Å². The van der Waals surface area contributed by atoms with Crippen LogP contribution in [-0.4, -0.2) is 38.4 Å². The van der Waals surface area contributed by atoms with Crippen LogP contribution in [0.5, 0.6) is 11.5 Å². The minimum absolute atomic E-state index is 0.158. The Morgan fingerprint density at radius 1 is 0.861 bits per heavy atom. The highest BCUT2D eigenvalue weighted by atomic mass is 16.6. The Labute approximate surface area is 213 Å². The van der Waals surface area contributed by atoms with Gasteiger partial charge in [0, 0.05) is 33.0 Å².